The van der Waals surface area contributed by atoms with E-state index in [0.29, 0.717) is 12.2 Å². The molecule has 1 saturated carbocycles. The average Bonchev–Trinajstić information content (AvgIpc) is 3.25. The molecule has 3 atom stereocenters. The van der Waals surface area contributed by atoms with Crippen LogP contribution in [0, 0.1) is 0 Å². The van der Waals surface area contributed by atoms with Gasteiger partial charge in [0.25, 0.3) is 0 Å². The molecule has 0 spiro atoms. The van der Waals surface area contributed by atoms with Crippen LogP contribution in [-0.4, -0.2) is 65.8 Å². The van der Waals surface area contributed by atoms with E-state index in [0.717, 1.165) is 56.6 Å². The molecule has 2 fully saturated rings. The molecule has 0 aromatic heterocycles. The maximum Gasteiger partial charge on any atom is 0.319 e. The molecule has 1 saturated heterocycles. The molecule has 0 unspecified atom stereocenters. The van der Waals surface area contributed by atoms with E-state index in [4.69, 9.17) is 9.47 Å². The molecule has 2 aliphatic rings. The summed E-state index contributed by atoms with van der Waals surface area (Å²) in [6.07, 6.45) is 5.34. The number of rotatable bonds is 10. The minimum Gasteiger partial charge on any atom is -0.493 e. The Kier molecular flexibility index (Phi) is 8.85. The van der Waals surface area contributed by atoms with Crippen LogP contribution in [0.3, 0.4) is 0 Å². The molecule has 2 aromatic rings. The molecular weight excluding hydrogens is 504 g/mol. The Hall–Kier alpha value is -2.82. The number of carbonyl (C=O) groups is 1. The average molecular weight is 545 g/mol. The van der Waals surface area contributed by atoms with Gasteiger partial charge in [-0.1, -0.05) is 25.5 Å². The largest absolute Gasteiger partial charge is 0.493 e. The number of sulfonamides is 1. The lowest BCUT2D eigenvalue weighted by molar-refractivity contribution is 0.156. The number of benzene rings is 2. The molecule has 2 amide bonds. The van der Waals surface area contributed by atoms with Crippen molar-refractivity contribution in [3.05, 3.63) is 48.0 Å². The van der Waals surface area contributed by atoms with E-state index in [-0.39, 0.29) is 28.4 Å². The maximum atomic E-state index is 12.9. The number of nitrogens with one attached hydrogen (secondary N) is 3. The van der Waals surface area contributed by atoms with Gasteiger partial charge in [-0.2, -0.15) is 0 Å². The van der Waals surface area contributed by atoms with E-state index in [9.17, 15) is 13.2 Å². The number of hydrogen-bond donors (Lipinski definition) is 3. The van der Waals surface area contributed by atoms with Gasteiger partial charge >= 0.3 is 6.03 Å². The molecule has 1 heterocycles. The monoisotopic (exact) mass is 544 g/mol. The number of methoxy groups -OCH3 is 2. The van der Waals surface area contributed by atoms with Gasteiger partial charge in [-0.05, 0) is 81.6 Å². The fourth-order valence-corrected chi connectivity index (χ4v) is 7.07. The van der Waals surface area contributed by atoms with Crippen LogP contribution in [0.15, 0.2) is 47.4 Å². The van der Waals surface area contributed by atoms with Crippen molar-refractivity contribution in [2.24, 2.45) is 0 Å². The van der Waals surface area contributed by atoms with Crippen molar-refractivity contribution < 1.29 is 22.7 Å². The van der Waals surface area contributed by atoms with Crippen molar-refractivity contribution >= 4 is 21.7 Å². The molecule has 1 aliphatic heterocycles. The highest BCUT2D eigenvalue weighted by atomic mass is 32.2. The lowest BCUT2D eigenvalue weighted by Crippen LogP contribution is -2.52. The number of amides is 2. The Morgan fingerprint density at radius 1 is 1.11 bits per heavy atom. The SMILES string of the molecule is CCCCNS(=O)(=O)c1cccc(NC(=O)N[C@@H]2CC[C@@]3(c4ccc(OC)c(OC)c4)CCN(C)[C@H]3C2)c1. The Labute approximate surface area is 226 Å². The molecular formula is C28H40N4O5S. The molecule has 38 heavy (non-hydrogen) atoms. The lowest BCUT2D eigenvalue weighted by atomic mass is 9.65. The van der Waals surface area contributed by atoms with E-state index >= 15 is 0 Å². The van der Waals surface area contributed by atoms with E-state index in [1.54, 1.807) is 26.4 Å². The first-order valence-corrected chi connectivity index (χ1v) is 14.8. The molecule has 3 N–H and O–H groups in total. The summed E-state index contributed by atoms with van der Waals surface area (Å²) in [5.41, 5.74) is 1.68. The quantitative estimate of drug-likeness (QED) is 0.389. The van der Waals surface area contributed by atoms with Crippen LogP contribution < -0.4 is 24.8 Å². The van der Waals surface area contributed by atoms with Crippen molar-refractivity contribution in [1.82, 2.24) is 14.9 Å². The van der Waals surface area contributed by atoms with Gasteiger partial charge in [0, 0.05) is 29.7 Å². The third kappa shape index (κ3) is 5.92. The minimum absolute atomic E-state index is 0.00355. The van der Waals surface area contributed by atoms with Crippen molar-refractivity contribution in [2.75, 3.05) is 39.7 Å². The van der Waals surface area contributed by atoms with Gasteiger partial charge in [0.1, 0.15) is 0 Å². The maximum absolute atomic E-state index is 12.9. The van der Waals surface area contributed by atoms with Crippen LogP contribution in [0.5, 0.6) is 11.5 Å². The number of unbranched alkanes of at least 4 members (excludes halogenated alkanes) is 1. The summed E-state index contributed by atoms with van der Waals surface area (Å²) in [6, 6.07) is 12.5. The predicted octanol–water partition coefficient (Wildman–Crippen LogP) is 4.10. The minimum atomic E-state index is -3.62. The second kappa shape index (κ2) is 11.9. The predicted molar refractivity (Wildman–Crippen MR) is 149 cm³/mol. The number of hydrogen-bond acceptors (Lipinski definition) is 6. The van der Waals surface area contributed by atoms with Crippen LogP contribution in [-0.2, 0) is 15.4 Å². The summed E-state index contributed by atoms with van der Waals surface area (Å²) in [5.74, 6) is 1.45. The zero-order valence-electron chi connectivity index (χ0n) is 22.7. The fourth-order valence-electron chi connectivity index (χ4n) is 5.95. The number of nitrogens with zero attached hydrogens (tertiary/aromatic N) is 1. The third-order valence-electron chi connectivity index (χ3n) is 8.05. The van der Waals surface area contributed by atoms with Crippen molar-refractivity contribution in [3.8, 4) is 11.5 Å². The highest BCUT2D eigenvalue weighted by molar-refractivity contribution is 7.89. The van der Waals surface area contributed by atoms with Gasteiger partial charge in [0.15, 0.2) is 11.5 Å². The summed E-state index contributed by atoms with van der Waals surface area (Å²) in [7, 11) is 1.83. The number of ether oxygens (including phenoxy) is 2. The highest BCUT2D eigenvalue weighted by Gasteiger charge is 2.50. The standard InChI is InChI=1S/C28H40N4O5S/c1-5-6-15-29-38(34,35)23-9-7-8-21(18-23)30-27(33)31-22-12-13-28(14-16-32(2)26(28)19-22)20-10-11-24(36-3)25(17-20)37-4/h7-11,17-18,22,26,29H,5-6,12-16,19H2,1-4H3,(H2,30,31,33)/t22-,26+,28+/m1/s1. The molecule has 0 bridgehead atoms. The number of likely N-dealkylation sites (tertiary alicyclic amines) is 1. The molecule has 208 valence electrons. The fraction of sp³-hybridized carbons (Fsp3) is 0.536. The normalized spacial score (nSPS) is 23.5. The molecule has 1 aliphatic carbocycles. The summed E-state index contributed by atoms with van der Waals surface area (Å²) in [6.45, 7) is 3.38. The van der Waals surface area contributed by atoms with Crippen molar-refractivity contribution in [3.63, 3.8) is 0 Å². The second-order valence-corrected chi connectivity index (χ2v) is 12.1. The van der Waals surface area contributed by atoms with Gasteiger partial charge in [-0.3, -0.25) is 0 Å². The van der Waals surface area contributed by atoms with E-state index in [1.165, 1.54) is 17.7 Å². The topological polar surface area (TPSA) is 109 Å². The van der Waals surface area contributed by atoms with Gasteiger partial charge in [0.2, 0.25) is 10.0 Å². The van der Waals surface area contributed by atoms with Crippen molar-refractivity contribution in [1.29, 1.82) is 0 Å². The lowest BCUT2D eigenvalue weighted by Gasteiger charge is -2.45. The number of carbonyl (C=O) groups excluding carboxylic acids is 1. The van der Waals surface area contributed by atoms with Crippen LogP contribution in [0.1, 0.15) is 51.0 Å². The van der Waals surface area contributed by atoms with Crippen molar-refractivity contribution in [2.45, 2.75) is 67.8 Å². The summed E-state index contributed by atoms with van der Waals surface area (Å²) in [4.78, 5) is 15.4. The smallest absolute Gasteiger partial charge is 0.319 e. The number of fused-ring (bicyclic) bond motifs is 1. The van der Waals surface area contributed by atoms with Crippen LogP contribution in [0.25, 0.3) is 0 Å². The Balaban J connectivity index is 1.42. The zero-order chi connectivity index (χ0) is 27.3. The number of urea groups is 1. The summed E-state index contributed by atoms with van der Waals surface area (Å²) in [5, 5.41) is 5.95. The highest BCUT2D eigenvalue weighted by Crippen LogP contribution is 2.49. The van der Waals surface area contributed by atoms with Crippen LogP contribution in [0.2, 0.25) is 0 Å². The first kappa shape index (κ1) is 28.2. The van der Waals surface area contributed by atoms with E-state index < -0.39 is 10.0 Å². The second-order valence-electron chi connectivity index (χ2n) is 10.3. The molecule has 4 rings (SSSR count). The third-order valence-corrected chi connectivity index (χ3v) is 9.50. The van der Waals surface area contributed by atoms with Gasteiger partial charge in [-0.25, -0.2) is 17.9 Å². The van der Waals surface area contributed by atoms with Gasteiger partial charge in [-0.15, -0.1) is 0 Å². The number of likely N-dealkylation sites (N-methyl/N-ethyl adjacent to an activating group) is 1. The Morgan fingerprint density at radius 2 is 1.89 bits per heavy atom. The number of anilines is 1. The Morgan fingerprint density at radius 3 is 2.63 bits per heavy atom. The molecule has 9 nitrogen and oxygen atoms in total. The summed E-state index contributed by atoms with van der Waals surface area (Å²) < 4.78 is 38.7. The first-order valence-electron chi connectivity index (χ1n) is 13.3. The van der Waals surface area contributed by atoms with Crippen LogP contribution in [0.4, 0.5) is 10.5 Å². The summed E-state index contributed by atoms with van der Waals surface area (Å²) >= 11 is 0. The molecule has 2 aromatic carbocycles. The first-order chi connectivity index (χ1) is 18.2. The molecule has 10 heteroatoms. The van der Waals surface area contributed by atoms with Crippen LogP contribution >= 0.6 is 0 Å². The zero-order valence-corrected chi connectivity index (χ0v) is 23.6. The van der Waals surface area contributed by atoms with E-state index in [2.05, 4.69) is 39.4 Å². The van der Waals surface area contributed by atoms with Gasteiger partial charge < -0.3 is 25.0 Å². The Bertz CT molecular complexity index is 1240. The van der Waals surface area contributed by atoms with Gasteiger partial charge in [0.05, 0.1) is 19.1 Å². The molecule has 0 radical (unpaired) electrons. The van der Waals surface area contributed by atoms with E-state index in [1.807, 2.05) is 13.0 Å².